The predicted octanol–water partition coefficient (Wildman–Crippen LogP) is 0.722. The Bertz CT molecular complexity index is 94.7. The summed E-state index contributed by atoms with van der Waals surface area (Å²) in [5, 5.41) is 0. The van der Waals surface area contributed by atoms with Gasteiger partial charge >= 0.3 is 65.8 Å². The van der Waals surface area contributed by atoms with Crippen molar-refractivity contribution >= 4 is 25.1 Å². The van der Waals surface area contributed by atoms with Crippen LogP contribution in [0.25, 0.3) is 0 Å². The van der Waals surface area contributed by atoms with E-state index in [1.54, 1.807) is 0 Å². The van der Waals surface area contributed by atoms with E-state index in [1.165, 1.54) is 54.4 Å². The third-order valence-corrected chi connectivity index (χ3v) is 2.46. The fourth-order valence-electron chi connectivity index (χ4n) is 0.967. The van der Waals surface area contributed by atoms with E-state index in [1.807, 2.05) is 0 Å². The molecule has 0 N–H and O–H groups in total. The van der Waals surface area contributed by atoms with Gasteiger partial charge in [-0.2, -0.15) is 0 Å². The summed E-state index contributed by atoms with van der Waals surface area (Å²) in [6, 6.07) is 0. The molecule has 1 aliphatic rings. The average molecular weight is 305 g/mol. The Morgan fingerprint density at radius 3 is 2.12 bits per heavy atom. The van der Waals surface area contributed by atoms with Gasteiger partial charge in [-0.05, 0) is 0 Å². The van der Waals surface area contributed by atoms with Gasteiger partial charge in [0.1, 0.15) is 0 Å². The van der Waals surface area contributed by atoms with Crippen LogP contribution < -0.4 is 0 Å². The maximum absolute atomic E-state index is 3.90. The van der Waals surface area contributed by atoms with E-state index in [2.05, 4.69) is 11.5 Å². The van der Waals surface area contributed by atoms with Crippen LogP contribution in [0, 0.1) is 0 Å². The first-order chi connectivity index (χ1) is 3.80. The van der Waals surface area contributed by atoms with Crippen LogP contribution in [0.2, 0.25) is 0 Å². The molecule has 0 aliphatic carbocycles. The Labute approximate surface area is 65.9 Å². The van der Waals surface area contributed by atoms with Gasteiger partial charge in [-0.15, -0.1) is 0 Å². The minimum absolute atomic E-state index is 1.25. The molecule has 1 aliphatic heterocycles. The van der Waals surface area contributed by atoms with Crippen molar-refractivity contribution < 1.29 is 0 Å². The molecule has 0 unspecified atom stereocenters. The summed E-state index contributed by atoms with van der Waals surface area (Å²) in [5.74, 6) is 0. The summed E-state index contributed by atoms with van der Waals surface area (Å²) in [4.78, 5) is 2.37. The second kappa shape index (κ2) is 2.83. The molecule has 0 saturated carbocycles. The molecule has 45 valence electrons. The molecule has 0 amide bonds. The average Bonchev–Trinajstić information content (AvgIpc) is 2.12. The molecule has 0 aromatic carbocycles. The first-order valence-corrected chi connectivity index (χ1v) is 4.50. The van der Waals surface area contributed by atoms with Crippen LogP contribution >= 0.6 is 0 Å². The van der Waals surface area contributed by atoms with Crippen LogP contribution in [0.15, 0.2) is 9.93 Å². The quantitative estimate of drug-likeness (QED) is 0.690. The Morgan fingerprint density at radius 1 is 1.38 bits per heavy atom. The van der Waals surface area contributed by atoms with E-state index in [4.69, 9.17) is 0 Å². The molecule has 1 heterocycles. The zero-order valence-electron chi connectivity index (χ0n) is 4.89. The first kappa shape index (κ1) is 6.55. The van der Waals surface area contributed by atoms with Crippen molar-refractivity contribution in [3.8, 4) is 0 Å². The molecule has 1 rings (SSSR count). The van der Waals surface area contributed by atoms with E-state index in [9.17, 15) is 0 Å². The van der Waals surface area contributed by atoms with Gasteiger partial charge in [0.2, 0.25) is 0 Å². The van der Waals surface area contributed by atoms with Crippen molar-refractivity contribution in [2.24, 2.45) is 0 Å². The molecule has 1 fully saturated rings. The molecule has 1 radical (unpaired) electrons. The summed E-state index contributed by atoms with van der Waals surface area (Å²) >= 11 is 1.52. The van der Waals surface area contributed by atoms with Crippen LogP contribution in [0.4, 0.5) is 0 Å². The molecule has 8 heavy (non-hydrogen) atoms. The predicted molar refractivity (Wildman–Crippen MR) is 35.7 cm³/mol. The summed E-state index contributed by atoms with van der Waals surface area (Å²) in [5.41, 5.74) is 0. The molecule has 0 bridgehead atoms. The van der Waals surface area contributed by atoms with E-state index in [0.717, 1.165) is 0 Å². The molecule has 0 aromatic rings. The van der Waals surface area contributed by atoms with Crippen LogP contribution in [0.1, 0.15) is 12.8 Å². The molecular weight excluding hydrogens is 295 g/mol. The summed E-state index contributed by atoms with van der Waals surface area (Å²) < 4.78 is 1.31. The van der Waals surface area contributed by atoms with Gasteiger partial charge in [-0.25, -0.2) is 0 Å². The van der Waals surface area contributed by atoms with Crippen molar-refractivity contribution in [1.82, 2.24) is 4.90 Å². The van der Waals surface area contributed by atoms with E-state index >= 15 is 0 Å². The monoisotopic (exact) mass is 305 g/mol. The Morgan fingerprint density at radius 2 is 1.88 bits per heavy atom. The fourth-order valence-corrected chi connectivity index (χ4v) is 1.68. The molecule has 1 nitrogen and oxygen atoms in total. The van der Waals surface area contributed by atoms with E-state index < -0.39 is 0 Å². The Kier molecular flexibility index (Phi) is 2.32. The molecule has 0 spiro atoms. The van der Waals surface area contributed by atoms with Crippen molar-refractivity contribution in [3.63, 3.8) is 0 Å². The minimum atomic E-state index is 1.25. The van der Waals surface area contributed by atoms with Crippen LogP contribution in [-0.4, -0.2) is 43.1 Å². The summed E-state index contributed by atoms with van der Waals surface area (Å²) in [6.45, 7) is 6.40. The number of hydrogen-bond donors (Lipinski definition) is 0. The fraction of sp³-hybridized carbons (Fsp3) is 0.667. The second-order valence-electron chi connectivity index (χ2n) is 2.09. The van der Waals surface area contributed by atoms with Gasteiger partial charge < -0.3 is 0 Å². The van der Waals surface area contributed by atoms with Crippen molar-refractivity contribution in [3.05, 3.63) is 9.93 Å². The number of nitrogens with zero attached hydrogens (tertiary/aromatic N) is 1. The molecule has 2 heteroatoms. The normalized spacial score (nSPS) is 19.2. The third-order valence-electron chi connectivity index (χ3n) is 1.46. The molecule has 0 aromatic heterocycles. The summed E-state index contributed by atoms with van der Waals surface area (Å²) in [7, 11) is 0. The third kappa shape index (κ3) is 1.45. The van der Waals surface area contributed by atoms with E-state index in [0.29, 0.717) is 0 Å². The molecule has 0 atom stereocenters. The topological polar surface area (TPSA) is 3.24 Å². The van der Waals surface area contributed by atoms with Gasteiger partial charge in [0, 0.05) is 0 Å². The second-order valence-corrected chi connectivity index (χ2v) is 3.92. The van der Waals surface area contributed by atoms with Gasteiger partial charge in [0.25, 0.3) is 0 Å². The zero-order chi connectivity index (χ0) is 5.98. The van der Waals surface area contributed by atoms with Crippen LogP contribution in [0.5, 0.6) is 0 Å². The van der Waals surface area contributed by atoms with Gasteiger partial charge in [0.05, 0.1) is 0 Å². The molecular formula is C6H10NPo. The van der Waals surface area contributed by atoms with Crippen molar-refractivity contribution in [1.29, 1.82) is 0 Å². The van der Waals surface area contributed by atoms with Crippen LogP contribution in [0.3, 0.4) is 0 Å². The van der Waals surface area contributed by atoms with Crippen LogP contribution in [-0.2, 0) is 0 Å². The van der Waals surface area contributed by atoms with Gasteiger partial charge in [0.15, 0.2) is 0 Å². The number of rotatable bonds is 1. The standard InChI is InChI=1S/C6H10N.Po/c1-2-7-5-3-4-6-7;/h1,3-6H2;. The Balaban J connectivity index is 2.35. The Hall–Kier alpha value is 0.436. The van der Waals surface area contributed by atoms with Gasteiger partial charge in [-0.1, -0.05) is 0 Å². The zero-order valence-corrected chi connectivity index (χ0v) is 8.07. The molecule has 1 saturated heterocycles. The van der Waals surface area contributed by atoms with Gasteiger partial charge in [-0.3, -0.25) is 0 Å². The van der Waals surface area contributed by atoms with E-state index in [-0.39, 0.29) is 0 Å². The number of likely N-dealkylation sites (tertiary alicyclic amines) is 1. The van der Waals surface area contributed by atoms with Crippen molar-refractivity contribution in [2.75, 3.05) is 13.1 Å². The number of hydrogen-bond acceptors (Lipinski definition) is 1. The summed E-state index contributed by atoms with van der Waals surface area (Å²) in [6.07, 6.45) is 2.73. The van der Waals surface area contributed by atoms with Crippen molar-refractivity contribution in [2.45, 2.75) is 12.8 Å². The maximum atomic E-state index is 3.90. The SMILES string of the molecule is C=[C]([Po])N1CCCC1. The first-order valence-electron chi connectivity index (χ1n) is 2.91.